The van der Waals surface area contributed by atoms with Gasteiger partial charge in [0.25, 0.3) is 17.7 Å². The number of hydrazine groups is 1. The van der Waals surface area contributed by atoms with E-state index in [0.717, 1.165) is 0 Å². The van der Waals surface area contributed by atoms with E-state index in [0.29, 0.717) is 18.1 Å². The highest BCUT2D eigenvalue weighted by atomic mass is 16.5. The summed E-state index contributed by atoms with van der Waals surface area (Å²) in [5.41, 5.74) is 9.85. The fraction of sp³-hybridized carbons (Fsp3) is 0.286. The first-order chi connectivity index (χ1) is 14.8. The highest BCUT2D eigenvalue weighted by molar-refractivity contribution is 5.96. The molecule has 0 bridgehead atoms. The quantitative estimate of drug-likeness (QED) is 0.480. The van der Waals surface area contributed by atoms with Gasteiger partial charge in [-0.15, -0.1) is 0 Å². The molecule has 2 rings (SSSR count). The molecular formula is C21H25N3O7. The number of amides is 3. The van der Waals surface area contributed by atoms with Crippen molar-refractivity contribution < 1.29 is 33.3 Å². The van der Waals surface area contributed by atoms with Gasteiger partial charge in [0, 0.05) is 5.56 Å². The maximum atomic E-state index is 12.3. The average Bonchev–Trinajstić information content (AvgIpc) is 2.77. The van der Waals surface area contributed by atoms with Gasteiger partial charge in [-0.1, -0.05) is 0 Å². The van der Waals surface area contributed by atoms with Crippen LogP contribution in [0.25, 0.3) is 0 Å². The van der Waals surface area contributed by atoms with E-state index in [-0.39, 0.29) is 23.7 Å². The summed E-state index contributed by atoms with van der Waals surface area (Å²) in [6.07, 6.45) is -0.864. The second-order valence-electron chi connectivity index (χ2n) is 6.23. The Kier molecular flexibility index (Phi) is 8.50. The lowest BCUT2D eigenvalue weighted by Crippen LogP contribution is -2.47. The van der Waals surface area contributed by atoms with Crippen molar-refractivity contribution in [1.82, 2.24) is 10.9 Å². The van der Waals surface area contributed by atoms with Crippen molar-refractivity contribution in [3.05, 3.63) is 48.0 Å². The summed E-state index contributed by atoms with van der Waals surface area (Å²) in [6.45, 7) is 3.65. The molecule has 0 aliphatic rings. The molecule has 0 radical (unpaired) electrons. The van der Waals surface area contributed by atoms with Crippen molar-refractivity contribution >= 4 is 17.7 Å². The minimum absolute atomic E-state index is 0.198. The maximum Gasteiger partial charge on any atom is 0.279 e. The molecular weight excluding hydrogens is 406 g/mol. The third-order valence-corrected chi connectivity index (χ3v) is 3.91. The topological polar surface area (TPSA) is 138 Å². The zero-order chi connectivity index (χ0) is 22.8. The summed E-state index contributed by atoms with van der Waals surface area (Å²) >= 11 is 0. The molecule has 2 aromatic carbocycles. The van der Waals surface area contributed by atoms with Crippen LogP contribution in [-0.2, 0) is 9.59 Å². The number of methoxy groups -OCH3 is 1. The van der Waals surface area contributed by atoms with Gasteiger partial charge in [0.2, 0.25) is 0 Å². The molecule has 0 aliphatic heterocycles. The number of ether oxygens (including phenoxy) is 4. The van der Waals surface area contributed by atoms with E-state index in [1.54, 1.807) is 31.2 Å². The van der Waals surface area contributed by atoms with Gasteiger partial charge >= 0.3 is 0 Å². The first-order valence-corrected chi connectivity index (χ1v) is 9.42. The van der Waals surface area contributed by atoms with Gasteiger partial charge in [0.05, 0.1) is 13.7 Å². The first-order valence-electron chi connectivity index (χ1n) is 9.42. The van der Waals surface area contributed by atoms with E-state index in [1.165, 1.54) is 25.3 Å². The molecule has 10 nitrogen and oxygen atoms in total. The van der Waals surface area contributed by atoms with Gasteiger partial charge < -0.3 is 24.7 Å². The molecule has 4 N–H and O–H groups in total. The molecule has 0 saturated carbocycles. The molecule has 3 amide bonds. The van der Waals surface area contributed by atoms with Gasteiger partial charge in [-0.3, -0.25) is 25.2 Å². The molecule has 10 heteroatoms. The molecule has 0 unspecified atom stereocenters. The minimum Gasteiger partial charge on any atom is -0.494 e. The molecule has 0 spiro atoms. The number of carbonyl (C=O) groups excluding carboxylic acids is 3. The van der Waals surface area contributed by atoms with Crippen LogP contribution < -0.4 is 35.5 Å². The normalized spacial score (nSPS) is 11.1. The third-order valence-electron chi connectivity index (χ3n) is 3.91. The van der Waals surface area contributed by atoms with Gasteiger partial charge in [-0.05, 0) is 56.3 Å². The Morgan fingerprint density at radius 1 is 0.968 bits per heavy atom. The fourth-order valence-electron chi connectivity index (χ4n) is 2.41. The SMILES string of the molecule is CCOc1ccc(O[C@@H](C)C(=O)NNC(=O)c2ccc(OCC(N)=O)c(OC)c2)cc1. The monoisotopic (exact) mass is 431 g/mol. The van der Waals surface area contributed by atoms with Crippen LogP contribution in [0, 0.1) is 0 Å². The number of carbonyl (C=O) groups is 3. The fourth-order valence-corrected chi connectivity index (χ4v) is 2.41. The lowest BCUT2D eigenvalue weighted by molar-refractivity contribution is -0.128. The lowest BCUT2D eigenvalue weighted by atomic mass is 10.2. The van der Waals surface area contributed by atoms with E-state index < -0.39 is 23.8 Å². The van der Waals surface area contributed by atoms with E-state index >= 15 is 0 Å². The van der Waals surface area contributed by atoms with Crippen LogP contribution in [0.5, 0.6) is 23.0 Å². The van der Waals surface area contributed by atoms with Crippen molar-refractivity contribution in [2.75, 3.05) is 20.3 Å². The number of hydrogen-bond acceptors (Lipinski definition) is 7. The van der Waals surface area contributed by atoms with Crippen LogP contribution in [0.4, 0.5) is 0 Å². The summed E-state index contributed by atoms with van der Waals surface area (Å²) in [4.78, 5) is 35.4. The predicted octanol–water partition coefficient (Wildman–Crippen LogP) is 1.19. The number of benzene rings is 2. The number of primary amides is 1. The summed E-state index contributed by atoms with van der Waals surface area (Å²) in [5, 5.41) is 0. The highest BCUT2D eigenvalue weighted by Gasteiger charge is 2.17. The average molecular weight is 431 g/mol. The smallest absolute Gasteiger partial charge is 0.279 e. The first kappa shape index (κ1) is 23.3. The molecule has 2 aromatic rings. The van der Waals surface area contributed by atoms with Gasteiger partial charge in [0.1, 0.15) is 11.5 Å². The van der Waals surface area contributed by atoms with E-state index in [1.807, 2.05) is 6.92 Å². The van der Waals surface area contributed by atoms with Crippen LogP contribution in [0.15, 0.2) is 42.5 Å². The molecule has 166 valence electrons. The van der Waals surface area contributed by atoms with Crippen LogP contribution in [0.1, 0.15) is 24.2 Å². The van der Waals surface area contributed by atoms with Crippen LogP contribution in [0.3, 0.4) is 0 Å². The van der Waals surface area contributed by atoms with E-state index in [4.69, 9.17) is 24.7 Å². The Hall–Kier alpha value is -3.95. The van der Waals surface area contributed by atoms with Crippen molar-refractivity contribution in [3.63, 3.8) is 0 Å². The Labute approximate surface area is 179 Å². The molecule has 0 saturated heterocycles. The summed E-state index contributed by atoms with van der Waals surface area (Å²) < 4.78 is 21.3. The number of hydrogen-bond donors (Lipinski definition) is 3. The van der Waals surface area contributed by atoms with E-state index in [9.17, 15) is 14.4 Å². The minimum atomic E-state index is -0.864. The summed E-state index contributed by atoms with van der Waals surface area (Å²) in [6, 6.07) is 11.1. The zero-order valence-electron chi connectivity index (χ0n) is 17.5. The Morgan fingerprint density at radius 2 is 1.65 bits per heavy atom. The second-order valence-corrected chi connectivity index (χ2v) is 6.23. The van der Waals surface area contributed by atoms with Crippen molar-refractivity contribution in [1.29, 1.82) is 0 Å². The van der Waals surface area contributed by atoms with Crippen molar-refractivity contribution in [2.45, 2.75) is 20.0 Å². The lowest BCUT2D eigenvalue weighted by Gasteiger charge is -2.16. The van der Waals surface area contributed by atoms with Gasteiger partial charge in [0.15, 0.2) is 24.2 Å². The number of nitrogens with two attached hydrogens (primary N) is 1. The second kappa shape index (κ2) is 11.3. The molecule has 0 aromatic heterocycles. The van der Waals surface area contributed by atoms with Crippen LogP contribution >= 0.6 is 0 Å². The number of nitrogens with one attached hydrogen (secondary N) is 2. The number of rotatable bonds is 10. The third kappa shape index (κ3) is 7.11. The van der Waals surface area contributed by atoms with Crippen LogP contribution in [-0.4, -0.2) is 44.1 Å². The van der Waals surface area contributed by atoms with Crippen molar-refractivity contribution in [2.24, 2.45) is 5.73 Å². The van der Waals surface area contributed by atoms with Gasteiger partial charge in [-0.2, -0.15) is 0 Å². The molecule has 31 heavy (non-hydrogen) atoms. The molecule has 1 atom stereocenters. The molecule has 0 aliphatic carbocycles. The molecule has 0 fully saturated rings. The summed E-state index contributed by atoms with van der Waals surface area (Å²) in [7, 11) is 1.38. The standard InChI is InChI=1S/C21H25N3O7/c1-4-29-15-6-8-16(9-7-15)31-13(2)20(26)23-24-21(27)14-5-10-17(18(11-14)28-3)30-12-19(22)25/h5-11,13H,4,12H2,1-3H3,(H2,22,25)(H,23,26)(H,24,27)/t13-/m0/s1. The predicted molar refractivity (Wildman–Crippen MR) is 111 cm³/mol. The Balaban J connectivity index is 1.90. The van der Waals surface area contributed by atoms with Gasteiger partial charge in [-0.25, -0.2) is 0 Å². The Bertz CT molecular complexity index is 916. The van der Waals surface area contributed by atoms with Crippen molar-refractivity contribution in [3.8, 4) is 23.0 Å². The summed E-state index contributed by atoms with van der Waals surface area (Å²) in [5.74, 6) is -0.119. The molecule has 0 heterocycles. The van der Waals surface area contributed by atoms with Crippen LogP contribution in [0.2, 0.25) is 0 Å². The largest absolute Gasteiger partial charge is 0.494 e. The maximum absolute atomic E-state index is 12.3. The highest BCUT2D eigenvalue weighted by Crippen LogP contribution is 2.28. The zero-order valence-corrected chi connectivity index (χ0v) is 17.5. The Morgan fingerprint density at radius 3 is 2.26 bits per heavy atom. The van der Waals surface area contributed by atoms with E-state index in [2.05, 4.69) is 10.9 Å².